The third-order valence-electron chi connectivity index (χ3n) is 2.54. The van der Waals surface area contributed by atoms with Gasteiger partial charge in [0.15, 0.2) is 0 Å². The fraction of sp³-hybridized carbons (Fsp3) is 0.250. The van der Waals surface area contributed by atoms with Crippen LogP contribution in [0.5, 0.6) is 0 Å². The molecule has 2 aromatic rings. The summed E-state index contributed by atoms with van der Waals surface area (Å²) in [5.74, 6) is 0. The topological polar surface area (TPSA) is 24.9 Å². The van der Waals surface area contributed by atoms with Crippen molar-refractivity contribution < 1.29 is 0 Å². The molecule has 5 heteroatoms. The van der Waals surface area contributed by atoms with E-state index in [0.29, 0.717) is 10.0 Å². The molecule has 2 nitrogen and oxygen atoms in total. The summed E-state index contributed by atoms with van der Waals surface area (Å²) in [6.07, 6.45) is 0. The molecule has 1 atom stereocenters. The van der Waals surface area contributed by atoms with Gasteiger partial charge in [0, 0.05) is 10.9 Å². The number of hydrogen-bond donors (Lipinski definition) is 1. The van der Waals surface area contributed by atoms with E-state index in [4.69, 9.17) is 23.2 Å². The Morgan fingerprint density at radius 2 is 2.06 bits per heavy atom. The van der Waals surface area contributed by atoms with E-state index in [0.717, 1.165) is 16.3 Å². The number of aromatic nitrogens is 1. The van der Waals surface area contributed by atoms with Crippen molar-refractivity contribution in [1.29, 1.82) is 0 Å². The third kappa shape index (κ3) is 2.80. The monoisotopic (exact) mass is 286 g/mol. The number of halogens is 2. The SMILES string of the molecule is CNC(C)c1nc(-c2ccc(Cl)c(Cl)c2)cs1. The molecule has 17 heavy (non-hydrogen) atoms. The average molecular weight is 287 g/mol. The first-order chi connectivity index (χ1) is 8.11. The van der Waals surface area contributed by atoms with E-state index in [1.807, 2.05) is 24.6 Å². The van der Waals surface area contributed by atoms with Gasteiger partial charge >= 0.3 is 0 Å². The van der Waals surface area contributed by atoms with Crippen LogP contribution < -0.4 is 5.32 Å². The van der Waals surface area contributed by atoms with E-state index in [1.54, 1.807) is 17.4 Å². The molecule has 1 N–H and O–H groups in total. The van der Waals surface area contributed by atoms with Crippen LogP contribution >= 0.6 is 34.5 Å². The molecule has 90 valence electrons. The number of hydrogen-bond acceptors (Lipinski definition) is 3. The Morgan fingerprint density at radius 3 is 2.71 bits per heavy atom. The van der Waals surface area contributed by atoms with Gasteiger partial charge in [0.2, 0.25) is 0 Å². The number of nitrogens with one attached hydrogen (secondary N) is 1. The molecule has 0 saturated carbocycles. The second kappa shape index (κ2) is 5.36. The summed E-state index contributed by atoms with van der Waals surface area (Å²) in [7, 11) is 1.92. The summed E-state index contributed by atoms with van der Waals surface area (Å²) in [5.41, 5.74) is 1.93. The highest BCUT2D eigenvalue weighted by Crippen LogP contribution is 2.30. The van der Waals surface area contributed by atoms with Crippen molar-refractivity contribution in [2.75, 3.05) is 7.05 Å². The van der Waals surface area contributed by atoms with Gasteiger partial charge in [-0.2, -0.15) is 0 Å². The van der Waals surface area contributed by atoms with Crippen molar-refractivity contribution in [3.05, 3.63) is 38.6 Å². The molecule has 0 saturated heterocycles. The lowest BCUT2D eigenvalue weighted by molar-refractivity contribution is 0.648. The molecule has 0 fully saturated rings. The summed E-state index contributed by atoms with van der Waals surface area (Å²) >= 11 is 13.5. The highest BCUT2D eigenvalue weighted by molar-refractivity contribution is 7.10. The normalized spacial score (nSPS) is 12.7. The summed E-state index contributed by atoms with van der Waals surface area (Å²) in [6, 6.07) is 5.82. The smallest absolute Gasteiger partial charge is 0.110 e. The van der Waals surface area contributed by atoms with Crippen LogP contribution in [0.25, 0.3) is 11.3 Å². The van der Waals surface area contributed by atoms with Gasteiger partial charge in [0.05, 0.1) is 21.8 Å². The van der Waals surface area contributed by atoms with Crippen LogP contribution in [0.1, 0.15) is 18.0 Å². The fourth-order valence-corrected chi connectivity index (χ4v) is 2.59. The minimum absolute atomic E-state index is 0.261. The first kappa shape index (κ1) is 12.8. The lowest BCUT2D eigenvalue weighted by Crippen LogP contribution is -2.11. The zero-order chi connectivity index (χ0) is 12.4. The maximum absolute atomic E-state index is 5.99. The number of thiazole rings is 1. The number of nitrogens with zero attached hydrogens (tertiary/aromatic N) is 1. The van der Waals surface area contributed by atoms with Gasteiger partial charge in [0.1, 0.15) is 5.01 Å². The van der Waals surface area contributed by atoms with Gasteiger partial charge in [-0.3, -0.25) is 0 Å². The van der Waals surface area contributed by atoms with Crippen LogP contribution in [0.15, 0.2) is 23.6 Å². The molecule has 0 aliphatic heterocycles. The van der Waals surface area contributed by atoms with Crippen molar-refractivity contribution in [1.82, 2.24) is 10.3 Å². The minimum atomic E-state index is 0.261. The molecule has 2 rings (SSSR count). The van der Waals surface area contributed by atoms with Crippen molar-refractivity contribution in [2.24, 2.45) is 0 Å². The summed E-state index contributed by atoms with van der Waals surface area (Å²) < 4.78 is 0. The molecule has 0 amide bonds. The van der Waals surface area contributed by atoms with Crippen LogP contribution in [0, 0.1) is 0 Å². The highest BCUT2D eigenvalue weighted by Gasteiger charge is 2.10. The van der Waals surface area contributed by atoms with E-state index < -0.39 is 0 Å². The molecule has 0 spiro atoms. The van der Waals surface area contributed by atoms with Crippen molar-refractivity contribution in [3.8, 4) is 11.3 Å². The molecular weight excluding hydrogens is 275 g/mol. The van der Waals surface area contributed by atoms with Gasteiger partial charge in [-0.15, -0.1) is 11.3 Å². The highest BCUT2D eigenvalue weighted by atomic mass is 35.5. The Labute approximate surface area is 115 Å². The third-order valence-corrected chi connectivity index (χ3v) is 4.31. The predicted molar refractivity (Wildman–Crippen MR) is 75.0 cm³/mol. The van der Waals surface area contributed by atoms with E-state index in [1.165, 1.54) is 0 Å². The predicted octanol–water partition coefficient (Wildman–Crippen LogP) is 4.40. The van der Waals surface area contributed by atoms with Crippen molar-refractivity contribution >= 4 is 34.5 Å². The Kier molecular flexibility index (Phi) is 4.05. The second-order valence-electron chi connectivity index (χ2n) is 3.71. The van der Waals surface area contributed by atoms with Crippen LogP contribution in [-0.2, 0) is 0 Å². The fourth-order valence-electron chi connectivity index (χ4n) is 1.40. The average Bonchev–Trinajstić information content (AvgIpc) is 2.81. The number of rotatable bonds is 3. The quantitative estimate of drug-likeness (QED) is 0.905. The van der Waals surface area contributed by atoms with E-state index >= 15 is 0 Å². The standard InChI is InChI=1S/C12H12Cl2N2S/c1-7(15-2)12-16-11(6-17-12)8-3-4-9(13)10(14)5-8/h3-7,15H,1-2H3. The lowest BCUT2D eigenvalue weighted by atomic mass is 10.2. The zero-order valence-corrected chi connectivity index (χ0v) is 11.8. The minimum Gasteiger partial charge on any atom is -0.311 e. The summed E-state index contributed by atoms with van der Waals surface area (Å²) in [4.78, 5) is 4.58. The largest absolute Gasteiger partial charge is 0.311 e. The Bertz CT molecular complexity index is 525. The van der Waals surface area contributed by atoms with Crippen molar-refractivity contribution in [2.45, 2.75) is 13.0 Å². The Hall–Kier alpha value is -0.610. The molecule has 1 aromatic heterocycles. The van der Waals surface area contributed by atoms with Gasteiger partial charge in [0.25, 0.3) is 0 Å². The van der Waals surface area contributed by atoms with E-state index in [-0.39, 0.29) is 6.04 Å². The van der Waals surface area contributed by atoms with E-state index in [2.05, 4.69) is 17.2 Å². The maximum atomic E-state index is 5.99. The van der Waals surface area contributed by atoms with Gasteiger partial charge < -0.3 is 5.32 Å². The molecular formula is C12H12Cl2N2S. The zero-order valence-electron chi connectivity index (χ0n) is 9.50. The molecule has 0 radical (unpaired) electrons. The molecule has 0 aliphatic rings. The Morgan fingerprint density at radius 1 is 1.29 bits per heavy atom. The van der Waals surface area contributed by atoms with Crippen molar-refractivity contribution in [3.63, 3.8) is 0 Å². The lowest BCUT2D eigenvalue weighted by Gasteiger charge is -2.04. The molecule has 1 heterocycles. The molecule has 1 unspecified atom stereocenters. The van der Waals surface area contributed by atoms with Gasteiger partial charge in [-0.25, -0.2) is 4.98 Å². The molecule has 0 aliphatic carbocycles. The number of benzene rings is 1. The summed E-state index contributed by atoms with van der Waals surface area (Å²) in [6.45, 7) is 2.08. The first-order valence-corrected chi connectivity index (χ1v) is 6.83. The van der Waals surface area contributed by atoms with Crippen LogP contribution in [-0.4, -0.2) is 12.0 Å². The van der Waals surface area contributed by atoms with Crippen LogP contribution in [0.3, 0.4) is 0 Å². The van der Waals surface area contributed by atoms with E-state index in [9.17, 15) is 0 Å². The maximum Gasteiger partial charge on any atom is 0.110 e. The second-order valence-corrected chi connectivity index (χ2v) is 5.41. The summed E-state index contributed by atoms with van der Waals surface area (Å²) in [5, 5.41) is 7.38. The van der Waals surface area contributed by atoms with Crippen LogP contribution in [0.4, 0.5) is 0 Å². The molecule has 0 bridgehead atoms. The van der Waals surface area contributed by atoms with Gasteiger partial charge in [-0.05, 0) is 26.1 Å². The molecule has 1 aromatic carbocycles. The first-order valence-electron chi connectivity index (χ1n) is 5.20. The van der Waals surface area contributed by atoms with Crippen LogP contribution in [0.2, 0.25) is 10.0 Å². The van der Waals surface area contributed by atoms with Gasteiger partial charge in [-0.1, -0.05) is 29.3 Å². The Balaban J connectivity index is 2.33.